The molecule has 10 nitrogen and oxygen atoms in total. The lowest BCUT2D eigenvalue weighted by Gasteiger charge is -2.16. The second-order valence-corrected chi connectivity index (χ2v) is 10.1. The second kappa shape index (κ2) is 11.0. The van der Waals surface area contributed by atoms with E-state index in [0.29, 0.717) is 41.2 Å². The Balaban J connectivity index is 2.04. The van der Waals surface area contributed by atoms with Crippen molar-refractivity contribution in [2.75, 3.05) is 26.6 Å². The lowest BCUT2D eigenvalue weighted by molar-refractivity contribution is 0.327. The van der Waals surface area contributed by atoms with E-state index in [1.807, 2.05) is 6.92 Å². The standard InChI is InChI=1S/C25H24ClN5O5S/c1-5-7-14-37(32,33)15-17-22(26)29-23-25(28-17)31(21-18(34-3)11-9-12-19(21)35-4)24(30-23)16-10-8-13-20(27-16)36-6-2/h8-13H,6,14-15H2,1-4H3. The smallest absolute Gasteiger partial charge is 0.213 e. The SMILES string of the molecule is CC#CCS(=O)(=O)Cc1nc2c(nc1Cl)nc(-c1cccc(OCC)n1)n2-c1c(OC)cccc1OC. The summed E-state index contributed by atoms with van der Waals surface area (Å²) < 4.78 is 43.7. The zero-order chi connectivity index (χ0) is 26.6. The van der Waals surface area contributed by atoms with Gasteiger partial charge in [-0.3, -0.25) is 4.57 Å². The van der Waals surface area contributed by atoms with Gasteiger partial charge in [0.15, 0.2) is 32.1 Å². The molecule has 0 fully saturated rings. The van der Waals surface area contributed by atoms with Gasteiger partial charge in [-0.15, -0.1) is 5.92 Å². The van der Waals surface area contributed by atoms with E-state index >= 15 is 0 Å². The summed E-state index contributed by atoms with van der Waals surface area (Å²) in [5.41, 5.74) is 1.45. The number of para-hydroxylation sites is 1. The number of imidazole rings is 1. The van der Waals surface area contributed by atoms with Crippen LogP contribution in [0.1, 0.15) is 19.5 Å². The first-order chi connectivity index (χ1) is 17.8. The van der Waals surface area contributed by atoms with Gasteiger partial charge >= 0.3 is 0 Å². The summed E-state index contributed by atoms with van der Waals surface area (Å²) in [6.07, 6.45) is 0. The molecule has 0 saturated carbocycles. The Labute approximate surface area is 219 Å². The molecule has 0 saturated heterocycles. The number of hydrogen-bond acceptors (Lipinski definition) is 9. The topological polar surface area (TPSA) is 118 Å². The second-order valence-electron chi connectivity index (χ2n) is 7.64. The van der Waals surface area contributed by atoms with Crippen LogP contribution >= 0.6 is 11.6 Å². The van der Waals surface area contributed by atoms with Crippen LogP contribution in [0.25, 0.3) is 28.5 Å². The number of rotatable bonds is 9. The molecule has 192 valence electrons. The summed E-state index contributed by atoms with van der Waals surface area (Å²) in [5.74, 6) is 6.09. The highest BCUT2D eigenvalue weighted by molar-refractivity contribution is 7.90. The highest BCUT2D eigenvalue weighted by atomic mass is 35.5. The van der Waals surface area contributed by atoms with Gasteiger partial charge < -0.3 is 14.2 Å². The minimum absolute atomic E-state index is 0.0697. The van der Waals surface area contributed by atoms with Gasteiger partial charge in [0, 0.05) is 6.07 Å². The number of halogens is 1. The van der Waals surface area contributed by atoms with Crippen LogP contribution in [0.4, 0.5) is 0 Å². The molecule has 1 aromatic carbocycles. The number of benzene rings is 1. The van der Waals surface area contributed by atoms with Gasteiger partial charge in [-0.05, 0) is 32.0 Å². The summed E-state index contributed by atoms with van der Waals surface area (Å²) >= 11 is 6.37. The van der Waals surface area contributed by atoms with Crippen molar-refractivity contribution in [1.82, 2.24) is 24.5 Å². The van der Waals surface area contributed by atoms with E-state index in [-0.39, 0.29) is 27.9 Å². The van der Waals surface area contributed by atoms with E-state index in [4.69, 9.17) is 25.8 Å². The van der Waals surface area contributed by atoms with Crippen LogP contribution in [0.3, 0.4) is 0 Å². The molecule has 0 aliphatic carbocycles. The summed E-state index contributed by atoms with van der Waals surface area (Å²) in [4.78, 5) is 18.2. The third-order valence-electron chi connectivity index (χ3n) is 5.21. The van der Waals surface area contributed by atoms with Crippen molar-refractivity contribution in [3.05, 3.63) is 47.2 Å². The predicted molar refractivity (Wildman–Crippen MR) is 140 cm³/mol. The maximum Gasteiger partial charge on any atom is 0.213 e. The summed E-state index contributed by atoms with van der Waals surface area (Å²) in [6.45, 7) is 3.87. The van der Waals surface area contributed by atoms with Crippen molar-refractivity contribution in [1.29, 1.82) is 0 Å². The van der Waals surface area contributed by atoms with Crippen molar-refractivity contribution in [3.8, 4) is 46.4 Å². The van der Waals surface area contributed by atoms with Crippen LogP contribution in [-0.4, -0.2) is 59.5 Å². The minimum Gasteiger partial charge on any atom is -0.494 e. The molecule has 0 spiro atoms. The van der Waals surface area contributed by atoms with E-state index in [9.17, 15) is 8.42 Å². The molecule has 0 N–H and O–H groups in total. The Kier molecular flexibility index (Phi) is 7.80. The number of ether oxygens (including phenoxy) is 3. The van der Waals surface area contributed by atoms with Crippen LogP contribution in [0.5, 0.6) is 17.4 Å². The Hall–Kier alpha value is -3.88. The number of fused-ring (bicyclic) bond motifs is 1. The monoisotopic (exact) mass is 541 g/mol. The Morgan fingerprint density at radius 2 is 1.70 bits per heavy atom. The number of hydrogen-bond donors (Lipinski definition) is 0. The molecule has 4 aromatic rings. The highest BCUT2D eigenvalue weighted by Crippen LogP contribution is 2.38. The van der Waals surface area contributed by atoms with Crippen LogP contribution < -0.4 is 14.2 Å². The maximum absolute atomic E-state index is 12.6. The molecule has 0 aliphatic heterocycles. The molecule has 37 heavy (non-hydrogen) atoms. The van der Waals surface area contributed by atoms with Crippen molar-refractivity contribution in [2.24, 2.45) is 0 Å². The number of aromatic nitrogens is 5. The molecule has 0 aliphatic rings. The van der Waals surface area contributed by atoms with Crippen LogP contribution in [0.15, 0.2) is 36.4 Å². The van der Waals surface area contributed by atoms with Crippen molar-refractivity contribution >= 4 is 32.7 Å². The van der Waals surface area contributed by atoms with Gasteiger partial charge in [-0.2, -0.15) is 0 Å². The first-order valence-corrected chi connectivity index (χ1v) is 13.4. The van der Waals surface area contributed by atoms with Gasteiger partial charge in [0.05, 0.1) is 32.3 Å². The Morgan fingerprint density at radius 1 is 1.00 bits per heavy atom. The maximum atomic E-state index is 12.6. The average Bonchev–Trinajstić information content (AvgIpc) is 3.25. The zero-order valence-electron chi connectivity index (χ0n) is 20.6. The summed E-state index contributed by atoms with van der Waals surface area (Å²) in [7, 11) is -0.561. The molecular formula is C25H24ClN5O5S. The molecule has 4 rings (SSSR count). The quantitative estimate of drug-likeness (QED) is 0.291. The van der Waals surface area contributed by atoms with Crippen molar-refractivity contribution in [2.45, 2.75) is 19.6 Å². The van der Waals surface area contributed by atoms with E-state index in [1.165, 1.54) is 14.2 Å². The van der Waals surface area contributed by atoms with Crippen LogP contribution in [0.2, 0.25) is 5.15 Å². The van der Waals surface area contributed by atoms with Gasteiger partial charge in [0.1, 0.15) is 28.6 Å². The average molecular weight is 542 g/mol. The van der Waals surface area contributed by atoms with Gasteiger partial charge in [0.25, 0.3) is 0 Å². The molecular weight excluding hydrogens is 518 g/mol. The van der Waals surface area contributed by atoms with Crippen molar-refractivity contribution < 1.29 is 22.6 Å². The molecule has 0 unspecified atom stereocenters. The predicted octanol–water partition coefficient (Wildman–Crippen LogP) is 3.88. The third-order valence-corrected chi connectivity index (χ3v) is 6.81. The zero-order valence-corrected chi connectivity index (χ0v) is 22.2. The highest BCUT2D eigenvalue weighted by Gasteiger charge is 2.26. The number of methoxy groups -OCH3 is 2. The van der Waals surface area contributed by atoms with Gasteiger partial charge in [0.2, 0.25) is 5.88 Å². The van der Waals surface area contributed by atoms with E-state index in [1.54, 1.807) is 47.9 Å². The first-order valence-electron chi connectivity index (χ1n) is 11.2. The molecule has 12 heteroatoms. The fourth-order valence-corrected chi connectivity index (χ4v) is 5.00. The molecule has 0 bridgehead atoms. The molecule has 0 radical (unpaired) electrons. The summed E-state index contributed by atoms with van der Waals surface area (Å²) in [6, 6.07) is 10.6. The van der Waals surface area contributed by atoms with Crippen LogP contribution in [0, 0.1) is 11.8 Å². The molecule has 3 aromatic heterocycles. The van der Waals surface area contributed by atoms with E-state index in [0.717, 1.165) is 0 Å². The van der Waals surface area contributed by atoms with E-state index in [2.05, 4.69) is 31.8 Å². The Bertz CT molecular complexity index is 1600. The third kappa shape index (κ3) is 5.45. The number of nitrogens with zero attached hydrogens (tertiary/aromatic N) is 5. The van der Waals surface area contributed by atoms with Gasteiger partial charge in [-0.25, -0.2) is 28.4 Å². The number of sulfone groups is 1. The first kappa shape index (κ1) is 26.2. The van der Waals surface area contributed by atoms with Crippen molar-refractivity contribution in [3.63, 3.8) is 0 Å². The largest absolute Gasteiger partial charge is 0.494 e. The molecule has 0 atom stereocenters. The summed E-state index contributed by atoms with van der Waals surface area (Å²) in [5, 5.41) is -0.0697. The molecule has 0 amide bonds. The Morgan fingerprint density at radius 3 is 2.35 bits per heavy atom. The normalized spacial score (nSPS) is 11.2. The fraction of sp³-hybridized carbons (Fsp3) is 0.280. The fourth-order valence-electron chi connectivity index (χ4n) is 3.64. The van der Waals surface area contributed by atoms with E-state index < -0.39 is 15.6 Å². The number of pyridine rings is 1. The lowest BCUT2D eigenvalue weighted by Crippen LogP contribution is -2.11. The minimum atomic E-state index is -3.62. The van der Waals surface area contributed by atoms with Crippen LogP contribution in [-0.2, 0) is 15.6 Å². The van der Waals surface area contributed by atoms with Gasteiger partial charge in [-0.1, -0.05) is 29.7 Å². The lowest BCUT2D eigenvalue weighted by atomic mass is 10.2. The molecule has 3 heterocycles.